The average Bonchev–Trinajstić information content (AvgIpc) is 3.32. The summed E-state index contributed by atoms with van der Waals surface area (Å²) in [6.07, 6.45) is -2.74. The van der Waals surface area contributed by atoms with Crippen LogP contribution in [0.15, 0.2) is 42.6 Å². The Morgan fingerprint density at radius 3 is 2.50 bits per heavy atom. The molecule has 0 unspecified atom stereocenters. The van der Waals surface area contributed by atoms with E-state index in [2.05, 4.69) is 31.2 Å². The van der Waals surface area contributed by atoms with Crippen LogP contribution in [0, 0.1) is 0 Å². The number of hydrogen-bond donors (Lipinski definition) is 4. The van der Waals surface area contributed by atoms with Crippen LogP contribution in [-0.4, -0.2) is 56.0 Å². The fourth-order valence-electron chi connectivity index (χ4n) is 4.74. The van der Waals surface area contributed by atoms with Crippen molar-refractivity contribution in [1.82, 2.24) is 4.57 Å². The predicted octanol–water partition coefficient (Wildman–Crippen LogP) is 2.06. The van der Waals surface area contributed by atoms with Gasteiger partial charge in [0.05, 0.1) is 23.8 Å². The fourth-order valence-corrected chi connectivity index (χ4v) is 5.00. The number of hydrogen-bond acceptors (Lipinski definition) is 6. The molecule has 2 aromatic carbocycles. The number of nitrogens with zero attached hydrogens (tertiary/aromatic N) is 1. The molecule has 2 aliphatic heterocycles. The Morgan fingerprint density at radius 2 is 1.81 bits per heavy atom. The smallest absolute Gasteiger partial charge is 0.225 e. The molecule has 0 saturated carbocycles. The lowest BCUT2D eigenvalue weighted by atomic mass is 9.87. The zero-order valence-electron chi connectivity index (χ0n) is 17.6. The van der Waals surface area contributed by atoms with Crippen molar-refractivity contribution in [3.05, 3.63) is 69.9 Å². The molecular weight excluding hydrogens is 434 g/mol. The zero-order valence-corrected chi connectivity index (χ0v) is 18.4. The summed E-state index contributed by atoms with van der Waals surface area (Å²) in [7, 11) is 0. The lowest BCUT2D eigenvalue weighted by Gasteiger charge is -2.46. The van der Waals surface area contributed by atoms with E-state index in [4.69, 9.17) is 21.1 Å². The van der Waals surface area contributed by atoms with E-state index in [9.17, 15) is 20.4 Å². The molecule has 3 heterocycles. The molecule has 0 amide bonds. The third-order valence-electron chi connectivity index (χ3n) is 6.61. The Balaban J connectivity index is 1.58. The maximum Gasteiger partial charge on any atom is 0.225 e. The summed E-state index contributed by atoms with van der Waals surface area (Å²) < 4.78 is 13.8. The van der Waals surface area contributed by atoms with Crippen molar-refractivity contribution in [2.45, 2.75) is 56.7 Å². The molecule has 0 bridgehead atoms. The second-order valence-corrected chi connectivity index (χ2v) is 8.93. The number of aliphatic hydroxyl groups excluding tert-OH is 4. The molecule has 1 fully saturated rings. The van der Waals surface area contributed by atoms with Crippen molar-refractivity contribution in [2.24, 2.45) is 0 Å². The zero-order chi connectivity index (χ0) is 22.6. The van der Waals surface area contributed by atoms with Gasteiger partial charge >= 0.3 is 0 Å². The van der Waals surface area contributed by atoms with E-state index in [1.54, 1.807) is 0 Å². The maximum atomic E-state index is 10.8. The summed E-state index contributed by atoms with van der Waals surface area (Å²) in [6.45, 7) is 2.34. The van der Waals surface area contributed by atoms with E-state index in [1.807, 2.05) is 22.9 Å². The van der Waals surface area contributed by atoms with Crippen molar-refractivity contribution >= 4 is 22.5 Å². The van der Waals surface area contributed by atoms with Crippen LogP contribution in [-0.2, 0) is 34.8 Å². The summed E-state index contributed by atoms with van der Waals surface area (Å²) in [4.78, 5) is 0. The van der Waals surface area contributed by atoms with Crippen LogP contribution in [0.4, 0.5) is 0 Å². The van der Waals surface area contributed by atoms with Gasteiger partial charge in [-0.25, -0.2) is 0 Å². The molecular formula is C24H26ClNO6. The van der Waals surface area contributed by atoms with Gasteiger partial charge in [0.15, 0.2) is 0 Å². The Labute approximate surface area is 190 Å². The first-order chi connectivity index (χ1) is 15.4. The molecule has 8 heteroatoms. The van der Waals surface area contributed by atoms with E-state index in [0.717, 1.165) is 28.5 Å². The highest BCUT2D eigenvalue weighted by Gasteiger charge is 2.58. The molecule has 1 saturated heterocycles. The number of benzene rings is 2. The number of aromatic nitrogens is 1. The van der Waals surface area contributed by atoms with E-state index in [1.165, 1.54) is 5.56 Å². The standard InChI is InChI=1S/C24H26ClNO6/c1-2-13-3-5-14(6-4-13)9-26-10-18(25)16-7-15-12-31-24(17(15)8-19(16)26)23(30)22(29)21(28)20(11-27)32-24/h3-8,10,20-23,27-30H,2,9,11-12H2,1H3/t20-,21-,22+,23-,24+/m1/s1. The van der Waals surface area contributed by atoms with E-state index < -0.39 is 36.8 Å². The van der Waals surface area contributed by atoms with Gasteiger partial charge in [-0.1, -0.05) is 42.8 Å². The summed E-state index contributed by atoms with van der Waals surface area (Å²) in [6, 6.07) is 12.2. The predicted molar refractivity (Wildman–Crippen MR) is 118 cm³/mol. The SMILES string of the molecule is CCc1ccc(Cn2cc(Cl)c3cc4c(cc32)[C@]2(OC4)O[C@H](CO)[C@@H](O)[C@H](O)[C@H]2O)cc1. The van der Waals surface area contributed by atoms with Crippen molar-refractivity contribution in [3.63, 3.8) is 0 Å². The monoisotopic (exact) mass is 459 g/mol. The lowest BCUT2D eigenvalue weighted by Crippen LogP contribution is -2.63. The van der Waals surface area contributed by atoms with E-state index in [0.29, 0.717) is 17.1 Å². The maximum absolute atomic E-state index is 10.8. The van der Waals surface area contributed by atoms with E-state index in [-0.39, 0.29) is 6.61 Å². The minimum Gasteiger partial charge on any atom is -0.394 e. The van der Waals surface area contributed by atoms with Crippen molar-refractivity contribution in [2.75, 3.05) is 6.61 Å². The fraction of sp³-hybridized carbons (Fsp3) is 0.417. The van der Waals surface area contributed by atoms with Crippen molar-refractivity contribution in [1.29, 1.82) is 0 Å². The highest BCUT2D eigenvalue weighted by molar-refractivity contribution is 6.35. The van der Waals surface area contributed by atoms with Gasteiger partial charge in [-0.2, -0.15) is 0 Å². The van der Waals surface area contributed by atoms with Crippen LogP contribution >= 0.6 is 11.6 Å². The average molecular weight is 460 g/mol. The highest BCUT2D eigenvalue weighted by Crippen LogP contribution is 2.47. The minimum atomic E-state index is -1.68. The van der Waals surface area contributed by atoms with Crippen LogP contribution in [0.5, 0.6) is 0 Å². The van der Waals surface area contributed by atoms with Crippen LogP contribution in [0.1, 0.15) is 29.2 Å². The number of rotatable bonds is 4. The third kappa shape index (κ3) is 3.28. The molecule has 5 rings (SSSR count). The summed E-state index contributed by atoms with van der Waals surface area (Å²) in [5, 5.41) is 42.4. The van der Waals surface area contributed by atoms with E-state index >= 15 is 0 Å². The highest BCUT2D eigenvalue weighted by atomic mass is 35.5. The number of fused-ring (bicyclic) bond motifs is 3. The molecule has 7 nitrogen and oxygen atoms in total. The Hall–Kier alpha value is -1.97. The van der Waals surface area contributed by atoms with Gasteiger partial charge < -0.3 is 34.5 Å². The molecule has 3 aromatic rings. The first kappa shape index (κ1) is 21.9. The number of aryl methyl sites for hydroxylation is 1. The van der Waals surface area contributed by atoms with Gasteiger partial charge in [-0.3, -0.25) is 0 Å². The number of aliphatic hydroxyl groups is 4. The second kappa shape index (κ2) is 8.11. The Morgan fingerprint density at radius 1 is 1.09 bits per heavy atom. The summed E-state index contributed by atoms with van der Waals surface area (Å²) in [5.74, 6) is -1.68. The first-order valence-corrected chi connectivity index (χ1v) is 11.1. The van der Waals surface area contributed by atoms with Crippen molar-refractivity contribution < 1.29 is 29.9 Å². The minimum absolute atomic E-state index is 0.142. The van der Waals surface area contributed by atoms with Crippen LogP contribution < -0.4 is 0 Å². The van der Waals surface area contributed by atoms with Gasteiger partial charge in [-0.05, 0) is 35.2 Å². The largest absolute Gasteiger partial charge is 0.394 e. The summed E-state index contributed by atoms with van der Waals surface area (Å²) >= 11 is 6.54. The number of halogens is 1. The van der Waals surface area contributed by atoms with Crippen LogP contribution in [0.25, 0.3) is 10.9 Å². The topological polar surface area (TPSA) is 104 Å². The first-order valence-electron chi connectivity index (χ1n) is 10.7. The quantitative estimate of drug-likeness (QED) is 0.476. The second-order valence-electron chi connectivity index (χ2n) is 8.52. The molecule has 32 heavy (non-hydrogen) atoms. The Kier molecular flexibility index (Phi) is 5.54. The molecule has 0 radical (unpaired) electrons. The van der Waals surface area contributed by atoms with Crippen LogP contribution in [0.2, 0.25) is 5.02 Å². The molecule has 1 aromatic heterocycles. The molecule has 1 spiro atoms. The molecule has 4 N–H and O–H groups in total. The molecule has 170 valence electrons. The van der Waals surface area contributed by atoms with Gasteiger partial charge in [0.25, 0.3) is 0 Å². The van der Waals surface area contributed by atoms with Crippen molar-refractivity contribution in [3.8, 4) is 0 Å². The van der Waals surface area contributed by atoms with Gasteiger partial charge in [0.1, 0.15) is 24.4 Å². The summed E-state index contributed by atoms with van der Waals surface area (Å²) in [5.41, 5.74) is 4.54. The molecule has 2 aliphatic rings. The van der Waals surface area contributed by atoms with Crippen LogP contribution in [0.3, 0.4) is 0 Å². The normalized spacial score (nSPS) is 29.7. The Bertz CT molecular complexity index is 1140. The molecule has 5 atom stereocenters. The van der Waals surface area contributed by atoms with Gasteiger partial charge in [0, 0.05) is 23.7 Å². The lowest BCUT2D eigenvalue weighted by molar-refractivity contribution is -0.368. The van der Waals surface area contributed by atoms with Gasteiger partial charge in [-0.15, -0.1) is 0 Å². The molecule has 0 aliphatic carbocycles. The third-order valence-corrected chi connectivity index (χ3v) is 6.91. The van der Waals surface area contributed by atoms with Gasteiger partial charge in [0.2, 0.25) is 5.79 Å². The number of ether oxygens (including phenoxy) is 2.